The van der Waals surface area contributed by atoms with Crippen molar-refractivity contribution in [1.82, 2.24) is 14.4 Å². The van der Waals surface area contributed by atoms with Gasteiger partial charge in [0, 0.05) is 31.3 Å². The second-order valence-electron chi connectivity index (χ2n) is 9.54. The van der Waals surface area contributed by atoms with Gasteiger partial charge in [-0.1, -0.05) is 48.6 Å². The number of benzene rings is 1. The molecule has 6 heteroatoms. The Labute approximate surface area is 199 Å². The average molecular weight is 452 g/mol. The van der Waals surface area contributed by atoms with Crippen LogP contribution in [0.15, 0.2) is 77.6 Å². The predicted octanol–water partition coefficient (Wildman–Crippen LogP) is 4.72. The molecular formula is C28H29N5O. The Morgan fingerprint density at radius 1 is 1.03 bits per heavy atom. The second-order valence-corrected chi connectivity index (χ2v) is 9.54. The number of aliphatic hydroxyl groups is 1. The number of dihydropyridines is 1. The highest BCUT2D eigenvalue weighted by Crippen LogP contribution is 2.39. The minimum Gasteiger partial charge on any atom is -0.396 e. The number of nitrogens with zero attached hydrogens (tertiary/aromatic N) is 4. The van der Waals surface area contributed by atoms with Gasteiger partial charge in [-0.05, 0) is 54.4 Å². The summed E-state index contributed by atoms with van der Waals surface area (Å²) in [7, 11) is 0. The smallest absolute Gasteiger partial charge is 0.150 e. The summed E-state index contributed by atoms with van der Waals surface area (Å²) in [5.41, 5.74) is 12.7. The van der Waals surface area contributed by atoms with Crippen LogP contribution < -0.4 is 5.73 Å². The van der Waals surface area contributed by atoms with E-state index in [1.807, 2.05) is 24.4 Å². The highest BCUT2D eigenvalue weighted by molar-refractivity contribution is 6.10. The lowest BCUT2D eigenvalue weighted by atomic mass is 9.82. The topological polar surface area (TPSA) is 88.8 Å². The van der Waals surface area contributed by atoms with Crippen LogP contribution in [0.2, 0.25) is 0 Å². The molecule has 2 aromatic heterocycles. The van der Waals surface area contributed by atoms with Crippen molar-refractivity contribution in [3.8, 4) is 0 Å². The van der Waals surface area contributed by atoms with E-state index in [2.05, 4.69) is 45.8 Å². The molecule has 34 heavy (non-hydrogen) atoms. The fourth-order valence-corrected chi connectivity index (χ4v) is 5.53. The Morgan fingerprint density at radius 2 is 1.85 bits per heavy atom. The number of hydrogen-bond acceptors (Lipinski definition) is 5. The lowest BCUT2D eigenvalue weighted by molar-refractivity contribution is 0.181. The number of nitrogen functional groups attached to an aromatic ring is 1. The van der Waals surface area contributed by atoms with Crippen molar-refractivity contribution < 1.29 is 5.11 Å². The average Bonchev–Trinajstić information content (AvgIpc) is 3.30. The van der Waals surface area contributed by atoms with Crippen molar-refractivity contribution in [1.29, 1.82) is 0 Å². The van der Waals surface area contributed by atoms with Crippen molar-refractivity contribution >= 4 is 22.6 Å². The van der Waals surface area contributed by atoms with E-state index in [9.17, 15) is 5.11 Å². The van der Waals surface area contributed by atoms with Gasteiger partial charge in [0.2, 0.25) is 0 Å². The van der Waals surface area contributed by atoms with Gasteiger partial charge in [0.1, 0.15) is 17.2 Å². The number of imidazole rings is 1. The van der Waals surface area contributed by atoms with Crippen LogP contribution >= 0.6 is 0 Å². The molecule has 0 amide bonds. The molecule has 1 saturated carbocycles. The first kappa shape index (κ1) is 21.1. The van der Waals surface area contributed by atoms with Gasteiger partial charge < -0.3 is 10.8 Å². The van der Waals surface area contributed by atoms with Crippen LogP contribution in [0.5, 0.6) is 0 Å². The van der Waals surface area contributed by atoms with Gasteiger partial charge in [0.15, 0.2) is 0 Å². The molecular weight excluding hydrogens is 422 g/mol. The van der Waals surface area contributed by atoms with Crippen LogP contribution in [-0.4, -0.2) is 37.8 Å². The molecule has 1 fully saturated rings. The molecule has 6 rings (SSSR count). The first-order valence-corrected chi connectivity index (χ1v) is 12.2. The first-order chi connectivity index (χ1) is 16.7. The number of rotatable bonds is 4. The standard InChI is InChI=1S/C28H29N5O/c29-27-26-25(32-28(33(26)15-14-30-27)21-8-6-18(17-34)7-9-21)22-11-10-20-12-13-23(31-24(20)16-22)19-4-2-1-3-5-19/h1-5,10-15,18,21,24,34H,6-9,16-17H2,(H2,29,30)/t18-,21-,24?. The van der Waals surface area contributed by atoms with Crippen LogP contribution in [0.3, 0.4) is 0 Å². The molecule has 1 unspecified atom stereocenters. The van der Waals surface area contributed by atoms with Gasteiger partial charge in [-0.15, -0.1) is 0 Å². The molecule has 2 aliphatic carbocycles. The quantitative estimate of drug-likeness (QED) is 0.601. The van der Waals surface area contributed by atoms with Gasteiger partial charge in [-0.2, -0.15) is 0 Å². The van der Waals surface area contributed by atoms with Crippen LogP contribution in [-0.2, 0) is 0 Å². The highest BCUT2D eigenvalue weighted by atomic mass is 16.3. The lowest BCUT2D eigenvalue weighted by Crippen LogP contribution is -2.18. The summed E-state index contributed by atoms with van der Waals surface area (Å²) in [4.78, 5) is 14.6. The van der Waals surface area contributed by atoms with Crippen LogP contribution in [0.25, 0.3) is 11.1 Å². The normalized spacial score (nSPS) is 24.4. The van der Waals surface area contributed by atoms with Gasteiger partial charge in [-0.3, -0.25) is 9.39 Å². The van der Waals surface area contributed by atoms with Crippen LogP contribution in [0.1, 0.15) is 55.1 Å². The third-order valence-corrected chi connectivity index (χ3v) is 7.46. The number of fused-ring (bicyclic) bond motifs is 2. The summed E-state index contributed by atoms with van der Waals surface area (Å²) in [6.45, 7) is 0.278. The molecule has 3 heterocycles. The maximum absolute atomic E-state index is 9.54. The van der Waals surface area contributed by atoms with E-state index in [-0.39, 0.29) is 12.6 Å². The Morgan fingerprint density at radius 3 is 2.65 bits per heavy atom. The molecule has 3 aliphatic rings. The van der Waals surface area contributed by atoms with Gasteiger partial charge >= 0.3 is 0 Å². The SMILES string of the molecule is Nc1nccn2c1c(C1=CC=C3C=CC(c4ccccc4)=NC3C1)nc2[C@H]1CC[C@H](CO)CC1. The fraction of sp³-hybridized carbons (Fsp3) is 0.321. The van der Waals surface area contributed by atoms with E-state index in [1.165, 1.54) is 5.57 Å². The maximum atomic E-state index is 9.54. The predicted molar refractivity (Wildman–Crippen MR) is 136 cm³/mol. The highest BCUT2D eigenvalue weighted by Gasteiger charge is 2.29. The van der Waals surface area contributed by atoms with E-state index in [1.54, 1.807) is 6.20 Å². The molecule has 1 aromatic carbocycles. The Hall–Kier alpha value is -3.51. The molecule has 0 bridgehead atoms. The molecule has 3 aromatic rings. The third-order valence-electron chi connectivity index (χ3n) is 7.46. The van der Waals surface area contributed by atoms with E-state index in [4.69, 9.17) is 15.7 Å². The summed E-state index contributed by atoms with van der Waals surface area (Å²) in [6, 6.07) is 10.4. The second kappa shape index (κ2) is 8.69. The zero-order valence-electron chi connectivity index (χ0n) is 19.1. The molecule has 6 nitrogen and oxygen atoms in total. The Bertz CT molecular complexity index is 1340. The summed E-state index contributed by atoms with van der Waals surface area (Å²) < 4.78 is 2.14. The monoisotopic (exact) mass is 451 g/mol. The molecule has 0 saturated heterocycles. The van der Waals surface area contributed by atoms with Crippen molar-refractivity contribution in [2.24, 2.45) is 10.9 Å². The first-order valence-electron chi connectivity index (χ1n) is 12.2. The van der Waals surface area contributed by atoms with Gasteiger partial charge in [0.05, 0.1) is 17.4 Å². The maximum Gasteiger partial charge on any atom is 0.150 e. The van der Waals surface area contributed by atoms with Crippen molar-refractivity contribution in [2.45, 2.75) is 44.1 Å². The van der Waals surface area contributed by atoms with E-state index < -0.39 is 0 Å². The Kier molecular flexibility index (Phi) is 5.38. The summed E-state index contributed by atoms with van der Waals surface area (Å²) in [5, 5.41) is 9.54. The summed E-state index contributed by atoms with van der Waals surface area (Å²) in [6.07, 6.45) is 17.3. The number of hydrogen-bond donors (Lipinski definition) is 2. The fourth-order valence-electron chi connectivity index (χ4n) is 5.53. The van der Waals surface area contributed by atoms with Gasteiger partial charge in [-0.25, -0.2) is 9.97 Å². The number of aliphatic imine (C=N–C) groups is 1. The van der Waals surface area contributed by atoms with Crippen molar-refractivity contribution in [3.63, 3.8) is 0 Å². The number of anilines is 1. The molecule has 0 radical (unpaired) electrons. The molecule has 1 atom stereocenters. The van der Waals surface area contributed by atoms with E-state index in [0.717, 1.165) is 66.0 Å². The van der Waals surface area contributed by atoms with Gasteiger partial charge in [0.25, 0.3) is 0 Å². The zero-order chi connectivity index (χ0) is 23.1. The molecule has 0 spiro atoms. The number of aromatic nitrogens is 3. The van der Waals surface area contributed by atoms with Crippen molar-refractivity contribution in [3.05, 3.63) is 89.7 Å². The summed E-state index contributed by atoms with van der Waals surface area (Å²) in [5.74, 6) is 2.34. The van der Waals surface area contributed by atoms with Crippen molar-refractivity contribution in [2.75, 3.05) is 12.3 Å². The van der Waals surface area contributed by atoms with E-state index >= 15 is 0 Å². The number of nitrogens with two attached hydrogens (primary N) is 1. The van der Waals surface area contributed by atoms with E-state index in [0.29, 0.717) is 17.7 Å². The van der Waals surface area contributed by atoms with Crippen LogP contribution in [0.4, 0.5) is 5.82 Å². The summed E-state index contributed by atoms with van der Waals surface area (Å²) >= 11 is 0. The molecule has 1 aliphatic heterocycles. The number of aliphatic hydroxyl groups excluding tert-OH is 1. The molecule has 172 valence electrons. The minimum absolute atomic E-state index is 0.0679. The third kappa shape index (κ3) is 3.68. The Balaban J connectivity index is 1.36. The lowest BCUT2D eigenvalue weighted by Gasteiger charge is -2.26. The largest absolute Gasteiger partial charge is 0.396 e. The minimum atomic E-state index is 0.0679. The molecule has 3 N–H and O–H groups in total. The zero-order valence-corrected chi connectivity index (χ0v) is 19.1. The number of allylic oxidation sites excluding steroid dienone is 3. The van der Waals surface area contributed by atoms with Crippen LogP contribution in [0, 0.1) is 5.92 Å².